The molecule has 0 aliphatic carbocycles. The first kappa shape index (κ1) is 35.6. The molecule has 9 nitrogen and oxygen atoms in total. The van der Waals surface area contributed by atoms with E-state index in [1.54, 1.807) is 0 Å². The highest BCUT2D eigenvalue weighted by molar-refractivity contribution is 6.34. The highest BCUT2D eigenvalue weighted by atomic mass is 35.5. The van der Waals surface area contributed by atoms with Crippen LogP contribution >= 0.6 is 23.2 Å². The molecule has 3 heterocycles. The fraction of sp³-hybridized carbons (Fsp3) is 0.359. The van der Waals surface area contributed by atoms with E-state index in [1.807, 2.05) is 54.6 Å². The molecule has 3 aromatic carbocycles. The Morgan fingerprint density at radius 3 is 2.30 bits per heavy atom. The highest BCUT2D eigenvalue weighted by Crippen LogP contribution is 2.32. The first-order valence-electron chi connectivity index (χ1n) is 17.0. The van der Waals surface area contributed by atoms with Crippen molar-refractivity contribution in [3.8, 4) is 23.1 Å². The normalized spacial score (nSPS) is 17.6. The second-order valence-electron chi connectivity index (χ2n) is 13.0. The van der Waals surface area contributed by atoms with Gasteiger partial charge in [0.15, 0.2) is 0 Å². The molecule has 11 heteroatoms. The minimum atomic E-state index is -0.956. The average molecular weight is 714 g/mol. The monoisotopic (exact) mass is 712 g/mol. The van der Waals surface area contributed by atoms with Gasteiger partial charge in [0.2, 0.25) is 0 Å². The molecule has 0 bridgehead atoms. The molecule has 0 radical (unpaired) electrons. The van der Waals surface area contributed by atoms with Crippen molar-refractivity contribution in [2.45, 2.75) is 65.0 Å². The lowest BCUT2D eigenvalue weighted by atomic mass is 9.99. The first-order chi connectivity index (χ1) is 24.2. The molecule has 1 fully saturated rings. The number of rotatable bonds is 9. The number of fused-ring (bicyclic) bond motifs is 1. The van der Waals surface area contributed by atoms with Crippen molar-refractivity contribution in [2.75, 3.05) is 26.3 Å². The van der Waals surface area contributed by atoms with Crippen LogP contribution in [0.5, 0.6) is 0 Å². The van der Waals surface area contributed by atoms with E-state index in [0.717, 1.165) is 84.5 Å². The minimum Gasteiger partial charge on any atom is -0.378 e. The molecule has 260 valence electrons. The van der Waals surface area contributed by atoms with E-state index >= 15 is 0 Å². The van der Waals surface area contributed by atoms with E-state index < -0.39 is 11.8 Å². The third-order valence-electron chi connectivity index (χ3n) is 9.38. The predicted octanol–water partition coefficient (Wildman–Crippen LogP) is 5.42. The Kier molecular flexibility index (Phi) is 11.6. The lowest BCUT2D eigenvalue weighted by Crippen LogP contribution is -2.49. The number of benzene rings is 3. The number of nitrogens with one attached hydrogen (secondary N) is 1. The summed E-state index contributed by atoms with van der Waals surface area (Å²) in [5.41, 5.74) is 12.8. The van der Waals surface area contributed by atoms with Crippen molar-refractivity contribution in [2.24, 2.45) is 5.73 Å². The van der Waals surface area contributed by atoms with Gasteiger partial charge in [0.05, 0.1) is 30.5 Å². The second-order valence-corrected chi connectivity index (χ2v) is 13.9. The summed E-state index contributed by atoms with van der Waals surface area (Å²) in [6, 6.07) is 22.4. The molecule has 2 amide bonds. The van der Waals surface area contributed by atoms with Crippen molar-refractivity contribution >= 4 is 35.0 Å². The SMILES string of the molecule is C[C@H]1COC[C@H](C)N1CCCn1nc(-c2ccc(Cl)c(C#Cc3ccc(CNCc4ccc(Cl)cc4)cc3)c2)c2c1CCN(C(=O)C(N)=O)C2. The highest BCUT2D eigenvalue weighted by Gasteiger charge is 2.30. The Morgan fingerprint density at radius 1 is 0.940 bits per heavy atom. The van der Waals surface area contributed by atoms with Crippen LogP contribution in [-0.2, 0) is 46.9 Å². The number of nitrogens with two attached hydrogens (primary N) is 1. The summed E-state index contributed by atoms with van der Waals surface area (Å²) < 4.78 is 7.77. The second kappa shape index (κ2) is 16.2. The summed E-state index contributed by atoms with van der Waals surface area (Å²) in [5.74, 6) is 4.86. The number of ether oxygens (including phenoxy) is 1. The summed E-state index contributed by atoms with van der Waals surface area (Å²) in [4.78, 5) is 28.4. The van der Waals surface area contributed by atoms with Crippen molar-refractivity contribution < 1.29 is 14.3 Å². The maximum Gasteiger partial charge on any atom is 0.311 e. The summed E-state index contributed by atoms with van der Waals surface area (Å²) in [6.45, 7) is 9.70. The number of aryl methyl sites for hydroxylation is 1. The molecule has 2 atom stereocenters. The van der Waals surface area contributed by atoms with Crippen molar-refractivity contribution in [3.63, 3.8) is 0 Å². The zero-order valence-corrected chi connectivity index (χ0v) is 29.9. The molecular weight excluding hydrogens is 671 g/mol. The molecule has 50 heavy (non-hydrogen) atoms. The zero-order valence-electron chi connectivity index (χ0n) is 28.4. The Morgan fingerprint density at radius 2 is 1.62 bits per heavy atom. The molecule has 6 rings (SSSR count). The predicted molar refractivity (Wildman–Crippen MR) is 196 cm³/mol. The van der Waals surface area contributed by atoms with Crippen LogP contribution in [-0.4, -0.2) is 69.8 Å². The van der Waals surface area contributed by atoms with Crippen LogP contribution in [0.4, 0.5) is 0 Å². The number of halogens is 2. The number of amides is 2. The third kappa shape index (κ3) is 8.58. The fourth-order valence-electron chi connectivity index (χ4n) is 6.68. The molecule has 0 unspecified atom stereocenters. The van der Waals surface area contributed by atoms with E-state index in [0.29, 0.717) is 35.6 Å². The van der Waals surface area contributed by atoms with Crippen molar-refractivity contribution in [1.29, 1.82) is 0 Å². The van der Waals surface area contributed by atoms with Gasteiger partial charge in [-0.3, -0.25) is 19.2 Å². The average Bonchev–Trinajstić information content (AvgIpc) is 3.48. The summed E-state index contributed by atoms with van der Waals surface area (Å²) in [5, 5.41) is 9.81. The summed E-state index contributed by atoms with van der Waals surface area (Å²) in [6.07, 6.45) is 1.50. The van der Waals surface area contributed by atoms with Gasteiger partial charge in [-0.25, -0.2) is 0 Å². The minimum absolute atomic E-state index is 0.258. The van der Waals surface area contributed by atoms with Gasteiger partial charge in [0.1, 0.15) is 0 Å². The number of nitrogens with zero attached hydrogens (tertiary/aromatic N) is 4. The number of hydrogen-bond donors (Lipinski definition) is 2. The molecule has 1 aromatic heterocycles. The van der Waals surface area contributed by atoms with Gasteiger partial charge in [-0.05, 0) is 67.8 Å². The van der Waals surface area contributed by atoms with E-state index in [1.165, 1.54) is 10.5 Å². The van der Waals surface area contributed by atoms with Crippen LogP contribution in [0.2, 0.25) is 10.0 Å². The van der Waals surface area contributed by atoms with Gasteiger partial charge < -0.3 is 20.7 Å². The van der Waals surface area contributed by atoms with Gasteiger partial charge in [-0.15, -0.1) is 0 Å². The number of carbonyl (C=O) groups excluding carboxylic acids is 2. The molecular formula is C39H42Cl2N6O3. The molecule has 2 aliphatic rings. The first-order valence-corrected chi connectivity index (χ1v) is 17.8. The van der Waals surface area contributed by atoms with Gasteiger partial charge in [-0.2, -0.15) is 5.10 Å². The number of morpholine rings is 1. The fourth-order valence-corrected chi connectivity index (χ4v) is 6.97. The van der Waals surface area contributed by atoms with Gasteiger partial charge in [-0.1, -0.05) is 65.4 Å². The number of carbonyl (C=O) groups is 2. The smallest absolute Gasteiger partial charge is 0.311 e. The third-order valence-corrected chi connectivity index (χ3v) is 9.96. The van der Waals surface area contributed by atoms with Crippen LogP contribution < -0.4 is 11.1 Å². The molecule has 0 spiro atoms. The van der Waals surface area contributed by atoms with Crippen molar-refractivity contribution in [3.05, 3.63) is 110 Å². The van der Waals surface area contributed by atoms with E-state index in [4.69, 9.17) is 38.8 Å². The van der Waals surface area contributed by atoms with Crippen LogP contribution in [0.1, 0.15) is 53.8 Å². The maximum atomic E-state index is 12.6. The van der Waals surface area contributed by atoms with Crippen LogP contribution in [0.15, 0.2) is 66.7 Å². The molecule has 3 N–H and O–H groups in total. The molecule has 0 saturated carbocycles. The maximum absolute atomic E-state index is 12.6. The Bertz CT molecular complexity index is 1890. The lowest BCUT2D eigenvalue weighted by Gasteiger charge is -2.38. The quantitative estimate of drug-likeness (QED) is 0.178. The van der Waals surface area contributed by atoms with Gasteiger partial charge >= 0.3 is 11.8 Å². The van der Waals surface area contributed by atoms with E-state index in [9.17, 15) is 9.59 Å². The lowest BCUT2D eigenvalue weighted by molar-refractivity contribution is -0.144. The topological polar surface area (TPSA) is 106 Å². The Balaban J connectivity index is 1.19. The number of primary amides is 1. The molecule has 4 aromatic rings. The number of aromatic nitrogens is 2. The Labute approximate surface area is 303 Å². The Hall–Kier alpha value is -4.17. The van der Waals surface area contributed by atoms with Gasteiger partial charge in [0.25, 0.3) is 0 Å². The van der Waals surface area contributed by atoms with Crippen molar-refractivity contribution in [1.82, 2.24) is 24.9 Å². The van der Waals surface area contributed by atoms with Gasteiger partial charge in [0, 0.05) is 84.2 Å². The largest absolute Gasteiger partial charge is 0.378 e. The number of hydrogen-bond acceptors (Lipinski definition) is 6. The van der Waals surface area contributed by atoms with Crippen LogP contribution in [0, 0.1) is 11.8 Å². The van der Waals surface area contributed by atoms with Crippen LogP contribution in [0.3, 0.4) is 0 Å². The van der Waals surface area contributed by atoms with Crippen LogP contribution in [0.25, 0.3) is 11.3 Å². The summed E-state index contributed by atoms with van der Waals surface area (Å²) in [7, 11) is 0. The zero-order chi connectivity index (χ0) is 35.2. The summed E-state index contributed by atoms with van der Waals surface area (Å²) >= 11 is 12.6. The van der Waals surface area contributed by atoms with E-state index in [-0.39, 0.29) is 6.54 Å². The standard InChI is InChI=1S/C39H42Cl2N6O3/c1-26-24-50-25-27(2)46(26)17-3-18-47-36-16-19-45(39(49)38(42)48)23-34(36)37(44-47)32-12-15-35(41)31(20-32)11-8-28-4-6-29(7-5-28)21-43-22-30-9-13-33(40)14-10-30/h4-7,9-10,12-15,20,26-27,43H,3,16-19,21-25H2,1-2H3,(H2,42,48)/t26-,27-/m0/s1. The molecule has 2 aliphatic heterocycles. The molecule has 1 saturated heterocycles. The van der Waals surface area contributed by atoms with E-state index in [2.05, 4.69) is 52.7 Å².